The van der Waals surface area contributed by atoms with Crippen LogP contribution in [0.3, 0.4) is 0 Å². The third kappa shape index (κ3) is 3.47. The fraction of sp³-hybridized carbons (Fsp3) is 0.222. The summed E-state index contributed by atoms with van der Waals surface area (Å²) >= 11 is 5.97. The first kappa shape index (κ1) is 16.6. The highest BCUT2D eigenvalue weighted by molar-refractivity contribution is 6.31. The minimum Gasteiger partial charge on any atom is -0.368 e. The van der Waals surface area contributed by atoms with Crippen LogP contribution in [0, 0.1) is 5.82 Å². The average Bonchev–Trinajstić information content (AvgIpc) is 3.11. The summed E-state index contributed by atoms with van der Waals surface area (Å²) in [5.74, 6) is -1.49. The molecule has 0 unspecified atom stereocenters. The maximum atomic E-state index is 13.9. The molecule has 1 heterocycles. The van der Waals surface area contributed by atoms with Crippen LogP contribution in [0.25, 0.3) is 0 Å². The molecule has 1 saturated heterocycles. The molecule has 3 rings (SSSR count). The van der Waals surface area contributed by atoms with Gasteiger partial charge in [0.1, 0.15) is 11.9 Å². The van der Waals surface area contributed by atoms with Crippen LogP contribution in [0.1, 0.15) is 28.8 Å². The Morgan fingerprint density at radius 3 is 2.67 bits per heavy atom. The Hall–Kier alpha value is -2.24. The van der Waals surface area contributed by atoms with E-state index < -0.39 is 17.7 Å². The minimum absolute atomic E-state index is 0.0765. The number of ketones is 1. The Kier molecular flexibility index (Phi) is 4.92. The number of amides is 1. The van der Waals surface area contributed by atoms with Crippen molar-refractivity contribution in [3.05, 3.63) is 64.4 Å². The van der Waals surface area contributed by atoms with Crippen LogP contribution in [0.5, 0.6) is 0 Å². The number of benzene rings is 2. The zero-order chi connectivity index (χ0) is 17.1. The first-order valence-corrected chi connectivity index (χ1v) is 7.95. The molecule has 1 N–H and O–H groups in total. The highest BCUT2D eigenvalue weighted by Crippen LogP contribution is 2.25. The van der Waals surface area contributed by atoms with Gasteiger partial charge in [0.25, 0.3) is 5.91 Å². The predicted octanol–water partition coefficient (Wildman–Crippen LogP) is 3.83. The van der Waals surface area contributed by atoms with Crippen LogP contribution < -0.4 is 5.32 Å². The van der Waals surface area contributed by atoms with E-state index in [0.29, 0.717) is 18.1 Å². The monoisotopic (exact) mass is 347 g/mol. The molecule has 1 fully saturated rings. The minimum atomic E-state index is -0.626. The van der Waals surface area contributed by atoms with E-state index in [4.69, 9.17) is 16.3 Å². The second kappa shape index (κ2) is 7.11. The number of carbonyl (C=O) groups is 2. The molecule has 4 nitrogen and oxygen atoms in total. The van der Waals surface area contributed by atoms with Gasteiger partial charge in [-0.1, -0.05) is 23.7 Å². The van der Waals surface area contributed by atoms with Gasteiger partial charge in [-0.25, -0.2) is 4.39 Å². The average molecular weight is 348 g/mol. The van der Waals surface area contributed by atoms with Gasteiger partial charge in [0.2, 0.25) is 0 Å². The van der Waals surface area contributed by atoms with Crippen LogP contribution >= 0.6 is 11.6 Å². The van der Waals surface area contributed by atoms with Crippen LogP contribution in [0.15, 0.2) is 42.5 Å². The van der Waals surface area contributed by atoms with Gasteiger partial charge in [-0.2, -0.15) is 0 Å². The van der Waals surface area contributed by atoms with Crippen molar-refractivity contribution in [2.24, 2.45) is 0 Å². The molecule has 1 aliphatic rings. The molecule has 2 aromatic carbocycles. The van der Waals surface area contributed by atoms with Crippen LogP contribution in [-0.4, -0.2) is 24.4 Å². The highest BCUT2D eigenvalue weighted by Gasteiger charge is 2.25. The fourth-order valence-corrected chi connectivity index (χ4v) is 2.77. The molecule has 0 bridgehead atoms. The third-order valence-electron chi connectivity index (χ3n) is 3.82. The lowest BCUT2D eigenvalue weighted by atomic mass is 10.0. The van der Waals surface area contributed by atoms with Crippen molar-refractivity contribution >= 4 is 29.0 Å². The van der Waals surface area contributed by atoms with E-state index in [1.807, 2.05) is 0 Å². The molecule has 0 aromatic heterocycles. The van der Waals surface area contributed by atoms with Crippen molar-refractivity contribution < 1.29 is 18.7 Å². The summed E-state index contributed by atoms with van der Waals surface area (Å²) in [5.41, 5.74) is 0.347. The van der Waals surface area contributed by atoms with Crippen molar-refractivity contribution in [1.82, 2.24) is 0 Å². The molecule has 124 valence electrons. The summed E-state index contributed by atoms with van der Waals surface area (Å²) in [5, 5.41) is 3.01. The van der Waals surface area contributed by atoms with Gasteiger partial charge in [-0.05, 0) is 43.2 Å². The van der Waals surface area contributed by atoms with Gasteiger partial charge in [0.05, 0.1) is 11.3 Å². The number of hydrogen-bond acceptors (Lipinski definition) is 3. The Balaban J connectivity index is 1.92. The van der Waals surface area contributed by atoms with Crippen molar-refractivity contribution in [1.29, 1.82) is 0 Å². The van der Waals surface area contributed by atoms with E-state index in [2.05, 4.69) is 5.32 Å². The molecule has 0 aliphatic carbocycles. The lowest BCUT2D eigenvalue weighted by Gasteiger charge is -2.14. The molecule has 6 heteroatoms. The lowest BCUT2D eigenvalue weighted by Crippen LogP contribution is -2.27. The number of anilines is 1. The first-order chi connectivity index (χ1) is 11.6. The number of carbonyl (C=O) groups excluding carboxylic acids is 2. The molecule has 2 aromatic rings. The van der Waals surface area contributed by atoms with Crippen LogP contribution in [0.4, 0.5) is 10.1 Å². The first-order valence-electron chi connectivity index (χ1n) is 7.57. The summed E-state index contributed by atoms with van der Waals surface area (Å²) in [6.07, 6.45) is 0.924. The second-order valence-electron chi connectivity index (χ2n) is 5.49. The van der Waals surface area contributed by atoms with Crippen molar-refractivity contribution in [3.63, 3.8) is 0 Å². The summed E-state index contributed by atoms with van der Waals surface area (Å²) in [6, 6.07) is 10.2. The summed E-state index contributed by atoms with van der Waals surface area (Å²) in [4.78, 5) is 24.9. The van der Waals surface area contributed by atoms with E-state index in [0.717, 1.165) is 6.42 Å². The van der Waals surface area contributed by atoms with Gasteiger partial charge in [-0.3, -0.25) is 9.59 Å². The molecule has 0 spiro atoms. The second-order valence-corrected chi connectivity index (χ2v) is 5.93. The summed E-state index contributed by atoms with van der Waals surface area (Å²) < 4.78 is 19.2. The Morgan fingerprint density at radius 2 is 1.96 bits per heavy atom. The zero-order valence-corrected chi connectivity index (χ0v) is 13.5. The highest BCUT2D eigenvalue weighted by atomic mass is 35.5. The van der Waals surface area contributed by atoms with Crippen LogP contribution in [-0.2, 0) is 9.53 Å². The molecule has 1 aliphatic heterocycles. The van der Waals surface area contributed by atoms with E-state index in [1.165, 1.54) is 30.3 Å². The van der Waals surface area contributed by atoms with Crippen molar-refractivity contribution in [2.45, 2.75) is 18.9 Å². The maximum absolute atomic E-state index is 13.9. The maximum Gasteiger partial charge on any atom is 0.253 e. The van der Waals surface area contributed by atoms with Gasteiger partial charge in [0.15, 0.2) is 5.78 Å². The number of rotatable bonds is 4. The normalized spacial score (nSPS) is 16.8. The zero-order valence-electron chi connectivity index (χ0n) is 12.7. The van der Waals surface area contributed by atoms with Gasteiger partial charge < -0.3 is 10.1 Å². The van der Waals surface area contributed by atoms with Gasteiger partial charge in [0, 0.05) is 17.2 Å². The van der Waals surface area contributed by atoms with Crippen molar-refractivity contribution in [2.75, 3.05) is 11.9 Å². The Labute approximate surface area is 143 Å². The number of ether oxygens (including phenoxy) is 1. The molecule has 0 saturated carbocycles. The molecule has 24 heavy (non-hydrogen) atoms. The quantitative estimate of drug-likeness (QED) is 0.855. The molecule has 0 radical (unpaired) electrons. The fourth-order valence-electron chi connectivity index (χ4n) is 2.60. The smallest absolute Gasteiger partial charge is 0.253 e. The summed E-state index contributed by atoms with van der Waals surface area (Å²) in [6.45, 7) is 0.541. The predicted molar refractivity (Wildman–Crippen MR) is 88.9 cm³/mol. The SMILES string of the molecule is O=C(c1ccccc1F)c1cc(Cl)ccc1NC(=O)[C@@H]1CCCO1. The van der Waals surface area contributed by atoms with E-state index in [-0.39, 0.29) is 22.7 Å². The summed E-state index contributed by atoms with van der Waals surface area (Å²) in [7, 11) is 0. The molecule has 1 atom stereocenters. The van der Waals surface area contributed by atoms with Crippen molar-refractivity contribution in [3.8, 4) is 0 Å². The lowest BCUT2D eigenvalue weighted by molar-refractivity contribution is -0.124. The third-order valence-corrected chi connectivity index (χ3v) is 4.06. The van der Waals surface area contributed by atoms with Crippen LogP contribution in [0.2, 0.25) is 5.02 Å². The molecule has 1 amide bonds. The van der Waals surface area contributed by atoms with E-state index in [1.54, 1.807) is 12.1 Å². The van der Waals surface area contributed by atoms with Gasteiger partial charge in [-0.15, -0.1) is 0 Å². The molecular weight excluding hydrogens is 333 g/mol. The number of nitrogens with one attached hydrogen (secondary N) is 1. The number of hydrogen-bond donors (Lipinski definition) is 1. The Bertz CT molecular complexity index is 788. The van der Waals surface area contributed by atoms with Gasteiger partial charge >= 0.3 is 0 Å². The molecular formula is C18H15ClFNO3. The largest absolute Gasteiger partial charge is 0.368 e. The van der Waals surface area contributed by atoms with E-state index >= 15 is 0 Å². The topological polar surface area (TPSA) is 55.4 Å². The standard InChI is InChI=1S/C18H15ClFNO3/c19-11-7-8-15(21-18(23)16-6-3-9-24-16)13(10-11)17(22)12-4-1-2-5-14(12)20/h1-2,4-5,7-8,10,16H,3,6,9H2,(H,21,23)/t16-/m0/s1. The number of halogens is 2. The Morgan fingerprint density at radius 1 is 1.17 bits per heavy atom. The van der Waals surface area contributed by atoms with E-state index in [9.17, 15) is 14.0 Å².